The molecule has 3 amide bonds. The number of carbonyl (C=O) groups excluding carboxylic acids is 3. The van der Waals surface area contributed by atoms with Crippen LogP contribution in [0.25, 0.3) is 0 Å². The second kappa shape index (κ2) is 11.2. The number of phenols is 2. The third-order valence-electron chi connectivity index (χ3n) is 8.65. The number of carboxylic acid groups (broad SMARTS) is 1. The first kappa shape index (κ1) is 29.5. The van der Waals surface area contributed by atoms with E-state index in [1.165, 1.54) is 28.8 Å². The van der Waals surface area contributed by atoms with E-state index in [-0.39, 0.29) is 45.6 Å². The molecule has 0 spiro atoms. The molecule has 0 aliphatic carbocycles. The average molecular weight is 651 g/mol. The number of nitrogens with two attached hydrogens (primary N) is 1. The van der Waals surface area contributed by atoms with Crippen LogP contribution in [0.2, 0.25) is 5.02 Å². The highest BCUT2D eigenvalue weighted by Gasteiger charge is 2.56. The number of quaternary nitrogens is 1. The first-order valence-electron chi connectivity index (χ1n) is 13.6. The fraction of sp³-hybridized carbons (Fsp3) is 0.462. The molecule has 14 nitrogen and oxygen atoms in total. The summed E-state index contributed by atoms with van der Waals surface area (Å²) >= 11 is 8.54. The Morgan fingerprint density at radius 2 is 2.02 bits per heavy atom. The molecule has 0 radical (unpaired) electrons. The van der Waals surface area contributed by atoms with Crippen molar-refractivity contribution in [1.29, 1.82) is 0 Å². The van der Waals surface area contributed by atoms with Gasteiger partial charge in [-0.1, -0.05) is 11.6 Å². The van der Waals surface area contributed by atoms with Crippen molar-refractivity contribution in [3.05, 3.63) is 39.8 Å². The molecule has 6 N–H and O–H groups in total. The van der Waals surface area contributed by atoms with E-state index in [2.05, 4.69) is 14.7 Å². The highest BCUT2D eigenvalue weighted by atomic mass is 35.5. The minimum absolute atomic E-state index is 0.0313. The molecule has 4 atom stereocenters. The van der Waals surface area contributed by atoms with Crippen molar-refractivity contribution < 1.29 is 39.0 Å². The molecule has 43 heavy (non-hydrogen) atoms. The van der Waals surface area contributed by atoms with Gasteiger partial charge in [0.1, 0.15) is 29.7 Å². The average Bonchev–Trinajstić information content (AvgIpc) is 3.58. The number of rotatable bonds is 7. The summed E-state index contributed by atoms with van der Waals surface area (Å²) in [6.07, 6.45) is 1.62. The minimum Gasteiger partial charge on any atom is -0.504 e. The Labute approximate surface area is 258 Å². The number of aromatic nitrogens is 2. The van der Waals surface area contributed by atoms with Crippen molar-refractivity contribution in [3.8, 4) is 11.5 Å². The quantitative estimate of drug-likeness (QED) is 0.160. The van der Waals surface area contributed by atoms with Gasteiger partial charge in [-0.05, 0) is 12.1 Å². The summed E-state index contributed by atoms with van der Waals surface area (Å²) in [6.45, 7) is 2.67. The summed E-state index contributed by atoms with van der Waals surface area (Å²) in [7, 11) is 0. The zero-order valence-corrected chi connectivity index (χ0v) is 25.1. The standard InChI is InChI=1S/C26H28ClN7O7S2/c27-18-14(3-4-15(35)21(18)37)22(38)32-5-7-34(6-1-2-13(34)9-32)10-12-11-42-24-19(23(39)33(24)20(12)25(40)41)30-17(36)8-16-29-26(28)43-31-16/h3-4,13,19,24H,1-2,5-11H2,(H5-,28,29,30,31,35,36,37,38,40,41)/p+1/t13?,19-,24-,34?/m1/s1. The number of piperazine rings is 1. The normalized spacial score (nSPS) is 26.5. The molecular formula is C26H29ClN7O7S2+. The number of nitrogens with one attached hydrogen (secondary N) is 1. The van der Waals surface area contributed by atoms with Crippen LogP contribution in [0.4, 0.5) is 5.13 Å². The highest BCUT2D eigenvalue weighted by molar-refractivity contribution is 8.00. The maximum atomic E-state index is 13.3. The lowest BCUT2D eigenvalue weighted by Gasteiger charge is -2.51. The van der Waals surface area contributed by atoms with E-state index in [0.717, 1.165) is 30.9 Å². The van der Waals surface area contributed by atoms with Crippen LogP contribution in [0.15, 0.2) is 23.4 Å². The number of thioether (sulfide) groups is 1. The third kappa shape index (κ3) is 5.15. The number of fused-ring (bicyclic) bond motifs is 2. The maximum absolute atomic E-state index is 13.3. The Morgan fingerprint density at radius 3 is 2.74 bits per heavy atom. The maximum Gasteiger partial charge on any atom is 0.352 e. The molecular weight excluding hydrogens is 622 g/mol. The zero-order valence-electron chi connectivity index (χ0n) is 22.7. The Morgan fingerprint density at radius 1 is 1.23 bits per heavy atom. The second-order valence-corrected chi connectivity index (χ2v) is 13.4. The summed E-state index contributed by atoms with van der Waals surface area (Å²) in [5.41, 5.74) is 6.30. The van der Waals surface area contributed by atoms with Gasteiger partial charge < -0.3 is 35.8 Å². The number of nitrogen functional groups attached to an aromatic ring is 1. The van der Waals surface area contributed by atoms with E-state index >= 15 is 0 Å². The SMILES string of the molecule is Nc1nc(CC(=O)N[C@@H]2C(=O)N3C(C(=O)O)=C(C[N+]45CCCC4CN(C(=O)c4ccc(O)c(O)c4Cl)CC5)CS[C@H]23)ns1. The van der Waals surface area contributed by atoms with E-state index in [1.54, 1.807) is 4.90 Å². The number of halogens is 1. The number of hydrogen-bond acceptors (Lipinski definition) is 11. The van der Waals surface area contributed by atoms with E-state index < -0.39 is 40.7 Å². The van der Waals surface area contributed by atoms with Crippen molar-refractivity contribution >= 4 is 63.7 Å². The summed E-state index contributed by atoms with van der Waals surface area (Å²) in [5.74, 6) is -2.76. The number of carbonyl (C=O) groups is 4. The molecule has 0 bridgehead atoms. The topological polar surface area (TPSA) is 199 Å². The molecule has 2 aromatic rings. The summed E-state index contributed by atoms with van der Waals surface area (Å²) in [4.78, 5) is 58.4. The van der Waals surface area contributed by atoms with Crippen molar-refractivity contribution in [1.82, 2.24) is 24.5 Å². The summed E-state index contributed by atoms with van der Waals surface area (Å²) in [6, 6.07) is 1.82. The van der Waals surface area contributed by atoms with E-state index in [4.69, 9.17) is 17.3 Å². The number of nitrogens with zero attached hydrogens (tertiary/aromatic N) is 5. The summed E-state index contributed by atoms with van der Waals surface area (Å²) < 4.78 is 4.60. The van der Waals surface area contributed by atoms with Gasteiger partial charge in [-0.3, -0.25) is 19.3 Å². The number of anilines is 1. The Kier molecular flexibility index (Phi) is 7.64. The number of hydrogen-bond donors (Lipinski definition) is 5. The fourth-order valence-corrected chi connectivity index (χ4v) is 8.60. The predicted octanol–water partition coefficient (Wildman–Crippen LogP) is 0.601. The van der Waals surface area contributed by atoms with E-state index in [1.807, 2.05) is 0 Å². The Balaban J connectivity index is 1.16. The molecule has 2 unspecified atom stereocenters. The molecule has 0 saturated carbocycles. The van der Waals surface area contributed by atoms with Crippen LogP contribution in [0.3, 0.4) is 0 Å². The number of amides is 3. The van der Waals surface area contributed by atoms with Crippen LogP contribution >= 0.6 is 34.9 Å². The molecule has 4 aliphatic heterocycles. The van der Waals surface area contributed by atoms with Gasteiger partial charge >= 0.3 is 5.97 Å². The molecule has 1 aromatic carbocycles. The first-order valence-corrected chi connectivity index (χ1v) is 15.8. The van der Waals surface area contributed by atoms with Gasteiger partial charge in [0.2, 0.25) is 5.91 Å². The molecule has 17 heteroatoms. The largest absolute Gasteiger partial charge is 0.504 e. The van der Waals surface area contributed by atoms with Crippen LogP contribution in [0, 0.1) is 0 Å². The van der Waals surface area contributed by atoms with E-state index in [9.17, 15) is 34.5 Å². The van der Waals surface area contributed by atoms with E-state index in [0.29, 0.717) is 42.0 Å². The fourth-order valence-electron chi connectivity index (χ4n) is 6.58. The van der Waals surface area contributed by atoms with Crippen LogP contribution in [0.1, 0.15) is 29.0 Å². The minimum atomic E-state index is -1.19. The lowest BCUT2D eigenvalue weighted by Crippen LogP contribution is -2.71. The van der Waals surface area contributed by atoms with Gasteiger partial charge in [0, 0.05) is 35.7 Å². The van der Waals surface area contributed by atoms with Crippen LogP contribution in [-0.2, 0) is 20.8 Å². The molecule has 5 heterocycles. The number of β-lactam (4-membered cyclic amide) rings is 1. The van der Waals surface area contributed by atoms with Gasteiger partial charge in [0.05, 0.1) is 43.2 Å². The number of benzene rings is 1. The molecule has 3 fully saturated rings. The van der Waals surface area contributed by atoms with Gasteiger partial charge in [-0.2, -0.15) is 4.37 Å². The third-order valence-corrected chi connectivity index (χ3v) is 11.0. The molecule has 4 aliphatic rings. The smallest absolute Gasteiger partial charge is 0.352 e. The van der Waals surface area contributed by atoms with Gasteiger partial charge in [0.15, 0.2) is 22.5 Å². The number of aromatic hydroxyl groups is 2. The molecule has 228 valence electrons. The molecule has 3 saturated heterocycles. The number of carboxylic acids is 1. The van der Waals surface area contributed by atoms with Gasteiger partial charge in [-0.15, -0.1) is 11.8 Å². The van der Waals surface area contributed by atoms with Crippen molar-refractivity contribution in [3.63, 3.8) is 0 Å². The van der Waals surface area contributed by atoms with Crippen LogP contribution in [-0.4, -0.2) is 119 Å². The first-order chi connectivity index (χ1) is 20.5. The van der Waals surface area contributed by atoms with Gasteiger partial charge in [0.25, 0.3) is 11.8 Å². The van der Waals surface area contributed by atoms with Crippen molar-refractivity contribution in [2.75, 3.05) is 44.2 Å². The number of phenolic OH excluding ortho intramolecular Hbond substituents is 2. The zero-order chi connectivity index (χ0) is 30.6. The lowest BCUT2D eigenvalue weighted by molar-refractivity contribution is -0.938. The highest BCUT2D eigenvalue weighted by Crippen LogP contribution is 2.43. The van der Waals surface area contributed by atoms with Crippen LogP contribution in [0.5, 0.6) is 11.5 Å². The van der Waals surface area contributed by atoms with Gasteiger partial charge in [-0.25, -0.2) is 9.78 Å². The second-order valence-electron chi connectivity index (χ2n) is 11.1. The van der Waals surface area contributed by atoms with Crippen LogP contribution < -0.4 is 11.1 Å². The van der Waals surface area contributed by atoms with Crippen molar-refractivity contribution in [2.45, 2.75) is 36.7 Å². The number of aliphatic carboxylic acids is 1. The van der Waals surface area contributed by atoms with Crippen molar-refractivity contribution in [2.24, 2.45) is 0 Å². The molecule has 6 rings (SSSR count). The Hall–Kier alpha value is -3.60. The molecule has 1 aromatic heterocycles. The lowest BCUT2D eigenvalue weighted by atomic mass is 10.0. The predicted molar refractivity (Wildman–Crippen MR) is 156 cm³/mol. The monoisotopic (exact) mass is 650 g/mol. The Bertz CT molecular complexity index is 1570. The summed E-state index contributed by atoms with van der Waals surface area (Å²) in [5, 5.41) is 32.1.